The SMILES string of the molecule is CCCCCn1c2ccc(C(=O)OC)cc2c2ccc(OC)cc21. The van der Waals surface area contributed by atoms with E-state index in [1.165, 1.54) is 20.0 Å². The van der Waals surface area contributed by atoms with Crippen LogP contribution in [-0.2, 0) is 11.3 Å². The normalized spacial score (nSPS) is 11.1. The van der Waals surface area contributed by atoms with Crippen LogP contribution in [0, 0.1) is 0 Å². The van der Waals surface area contributed by atoms with Gasteiger partial charge in [0.1, 0.15) is 5.75 Å². The standard InChI is InChI=1S/C20H23NO3/c1-4-5-6-11-21-18-10-7-14(20(22)24-3)12-17(18)16-9-8-15(23-2)13-19(16)21/h7-10,12-13H,4-6,11H2,1-3H3. The molecule has 0 aliphatic carbocycles. The zero-order chi connectivity index (χ0) is 17.1. The van der Waals surface area contributed by atoms with E-state index < -0.39 is 0 Å². The lowest BCUT2D eigenvalue weighted by atomic mass is 10.1. The molecule has 2 aromatic carbocycles. The number of hydrogen-bond acceptors (Lipinski definition) is 3. The summed E-state index contributed by atoms with van der Waals surface area (Å²) in [5, 5.41) is 2.21. The molecule has 0 spiro atoms. The molecule has 0 bridgehead atoms. The second kappa shape index (κ2) is 6.95. The lowest BCUT2D eigenvalue weighted by Crippen LogP contribution is -2.01. The number of rotatable bonds is 6. The van der Waals surface area contributed by atoms with E-state index in [2.05, 4.69) is 23.6 Å². The Hall–Kier alpha value is -2.49. The van der Waals surface area contributed by atoms with Gasteiger partial charge in [-0.3, -0.25) is 0 Å². The van der Waals surface area contributed by atoms with Gasteiger partial charge in [0.05, 0.1) is 25.3 Å². The lowest BCUT2D eigenvalue weighted by molar-refractivity contribution is 0.0601. The predicted molar refractivity (Wildman–Crippen MR) is 96.9 cm³/mol. The second-order valence-corrected chi connectivity index (χ2v) is 5.97. The van der Waals surface area contributed by atoms with Gasteiger partial charge in [-0.1, -0.05) is 19.8 Å². The minimum Gasteiger partial charge on any atom is -0.497 e. The number of aryl methyl sites for hydroxylation is 1. The van der Waals surface area contributed by atoms with Gasteiger partial charge in [-0.2, -0.15) is 0 Å². The molecule has 4 heteroatoms. The topological polar surface area (TPSA) is 40.5 Å². The molecule has 0 saturated heterocycles. The molecule has 0 radical (unpaired) electrons. The Morgan fingerprint density at radius 2 is 1.83 bits per heavy atom. The average molecular weight is 325 g/mol. The van der Waals surface area contributed by atoms with Crippen molar-refractivity contribution in [2.75, 3.05) is 14.2 Å². The van der Waals surface area contributed by atoms with Crippen molar-refractivity contribution in [3.8, 4) is 5.75 Å². The Balaban J connectivity index is 2.21. The van der Waals surface area contributed by atoms with Gasteiger partial charge in [0.15, 0.2) is 0 Å². The third-order valence-electron chi connectivity index (χ3n) is 4.48. The number of methoxy groups -OCH3 is 2. The maximum atomic E-state index is 11.9. The van der Waals surface area contributed by atoms with Gasteiger partial charge >= 0.3 is 5.97 Å². The Kier molecular flexibility index (Phi) is 4.74. The highest BCUT2D eigenvalue weighted by atomic mass is 16.5. The lowest BCUT2D eigenvalue weighted by Gasteiger charge is -2.08. The van der Waals surface area contributed by atoms with Crippen LogP contribution in [0.4, 0.5) is 0 Å². The van der Waals surface area contributed by atoms with Crippen LogP contribution in [0.25, 0.3) is 21.8 Å². The van der Waals surface area contributed by atoms with Crippen LogP contribution >= 0.6 is 0 Å². The maximum Gasteiger partial charge on any atom is 0.337 e. The fraction of sp³-hybridized carbons (Fsp3) is 0.350. The number of carbonyl (C=O) groups excluding carboxylic acids is 1. The van der Waals surface area contributed by atoms with Crippen molar-refractivity contribution >= 4 is 27.8 Å². The summed E-state index contributed by atoms with van der Waals surface area (Å²) in [4.78, 5) is 11.9. The Labute approximate surface area is 142 Å². The fourth-order valence-electron chi connectivity index (χ4n) is 3.21. The molecule has 0 amide bonds. The quantitative estimate of drug-likeness (QED) is 0.484. The number of hydrogen-bond donors (Lipinski definition) is 0. The van der Waals surface area contributed by atoms with Crippen LogP contribution in [0.3, 0.4) is 0 Å². The summed E-state index contributed by atoms with van der Waals surface area (Å²) in [5.74, 6) is 0.535. The van der Waals surface area contributed by atoms with Crippen molar-refractivity contribution < 1.29 is 14.3 Å². The van der Waals surface area contributed by atoms with Gasteiger partial charge in [-0.25, -0.2) is 4.79 Å². The number of aromatic nitrogens is 1. The van der Waals surface area contributed by atoms with Crippen LogP contribution in [0.1, 0.15) is 36.5 Å². The molecule has 1 heterocycles. The second-order valence-electron chi connectivity index (χ2n) is 5.97. The third-order valence-corrected chi connectivity index (χ3v) is 4.48. The number of unbranched alkanes of at least 4 members (excludes halogenated alkanes) is 2. The maximum absolute atomic E-state index is 11.9. The van der Waals surface area contributed by atoms with E-state index in [0.29, 0.717) is 5.56 Å². The summed E-state index contributed by atoms with van der Waals surface area (Å²) in [7, 11) is 3.09. The van der Waals surface area contributed by atoms with E-state index in [9.17, 15) is 4.79 Å². The van der Waals surface area contributed by atoms with Gasteiger partial charge in [-0.05, 0) is 36.8 Å². The molecule has 4 nitrogen and oxygen atoms in total. The summed E-state index contributed by atoms with van der Waals surface area (Å²) < 4.78 is 12.6. The minimum atomic E-state index is -0.308. The number of fused-ring (bicyclic) bond motifs is 3. The number of benzene rings is 2. The minimum absolute atomic E-state index is 0.308. The molecule has 0 atom stereocenters. The largest absolute Gasteiger partial charge is 0.497 e. The molecule has 24 heavy (non-hydrogen) atoms. The van der Waals surface area contributed by atoms with Crippen LogP contribution in [0.15, 0.2) is 36.4 Å². The van der Waals surface area contributed by atoms with E-state index in [0.717, 1.165) is 40.5 Å². The van der Waals surface area contributed by atoms with Crippen LogP contribution in [0.2, 0.25) is 0 Å². The van der Waals surface area contributed by atoms with Crippen molar-refractivity contribution in [2.24, 2.45) is 0 Å². The highest BCUT2D eigenvalue weighted by molar-refractivity contribution is 6.10. The molecular formula is C20H23NO3. The first-order valence-electron chi connectivity index (χ1n) is 8.38. The third kappa shape index (κ3) is 2.84. The smallest absolute Gasteiger partial charge is 0.337 e. The van der Waals surface area contributed by atoms with E-state index in [1.54, 1.807) is 7.11 Å². The van der Waals surface area contributed by atoms with Gasteiger partial charge in [0.25, 0.3) is 0 Å². The molecule has 0 aliphatic heterocycles. The van der Waals surface area contributed by atoms with Gasteiger partial charge in [0.2, 0.25) is 0 Å². The molecule has 1 aromatic heterocycles. The summed E-state index contributed by atoms with van der Waals surface area (Å²) in [5.41, 5.74) is 2.86. The average Bonchev–Trinajstić information content (AvgIpc) is 2.93. The summed E-state index contributed by atoms with van der Waals surface area (Å²) in [6, 6.07) is 11.9. The molecule has 0 aliphatic rings. The fourth-order valence-corrected chi connectivity index (χ4v) is 3.21. The molecule has 0 unspecified atom stereocenters. The Morgan fingerprint density at radius 1 is 1.00 bits per heavy atom. The highest BCUT2D eigenvalue weighted by Crippen LogP contribution is 2.32. The van der Waals surface area contributed by atoms with Gasteiger partial charge in [0, 0.05) is 28.9 Å². The van der Waals surface area contributed by atoms with Crippen molar-refractivity contribution in [2.45, 2.75) is 32.7 Å². The first kappa shape index (κ1) is 16.4. The zero-order valence-corrected chi connectivity index (χ0v) is 14.5. The predicted octanol–water partition coefficient (Wildman–Crippen LogP) is 4.78. The van der Waals surface area contributed by atoms with Gasteiger partial charge < -0.3 is 14.0 Å². The first-order valence-corrected chi connectivity index (χ1v) is 8.38. The van der Waals surface area contributed by atoms with E-state index in [4.69, 9.17) is 9.47 Å². The van der Waals surface area contributed by atoms with Gasteiger partial charge in [-0.15, -0.1) is 0 Å². The molecule has 3 rings (SSSR count). The molecule has 0 fully saturated rings. The van der Waals surface area contributed by atoms with Crippen molar-refractivity contribution in [3.05, 3.63) is 42.0 Å². The van der Waals surface area contributed by atoms with Crippen LogP contribution in [0.5, 0.6) is 5.75 Å². The Morgan fingerprint density at radius 3 is 2.54 bits per heavy atom. The Bertz CT molecular complexity index is 879. The zero-order valence-electron chi connectivity index (χ0n) is 14.5. The summed E-state index contributed by atoms with van der Waals surface area (Å²) in [6.45, 7) is 3.16. The van der Waals surface area contributed by atoms with E-state index in [1.807, 2.05) is 24.3 Å². The molecular weight excluding hydrogens is 302 g/mol. The number of nitrogens with zero attached hydrogens (tertiary/aromatic N) is 1. The molecule has 0 N–H and O–H groups in total. The van der Waals surface area contributed by atoms with E-state index in [-0.39, 0.29) is 5.97 Å². The molecule has 0 saturated carbocycles. The van der Waals surface area contributed by atoms with E-state index >= 15 is 0 Å². The molecule has 3 aromatic rings. The monoisotopic (exact) mass is 325 g/mol. The summed E-state index contributed by atoms with van der Waals surface area (Å²) in [6.07, 6.45) is 3.52. The molecule has 126 valence electrons. The number of esters is 1. The van der Waals surface area contributed by atoms with Crippen molar-refractivity contribution in [3.63, 3.8) is 0 Å². The highest BCUT2D eigenvalue weighted by Gasteiger charge is 2.14. The first-order chi connectivity index (χ1) is 11.7. The van der Waals surface area contributed by atoms with Crippen LogP contribution < -0.4 is 4.74 Å². The number of ether oxygens (including phenoxy) is 2. The van der Waals surface area contributed by atoms with Crippen molar-refractivity contribution in [1.82, 2.24) is 4.57 Å². The van der Waals surface area contributed by atoms with Crippen molar-refractivity contribution in [1.29, 1.82) is 0 Å². The summed E-state index contributed by atoms with van der Waals surface area (Å²) >= 11 is 0. The van der Waals surface area contributed by atoms with Crippen LogP contribution in [-0.4, -0.2) is 24.8 Å². The number of carbonyl (C=O) groups is 1.